The third kappa shape index (κ3) is 4.03. The van der Waals surface area contributed by atoms with Crippen molar-refractivity contribution in [2.45, 2.75) is 39.0 Å². The lowest BCUT2D eigenvalue weighted by Gasteiger charge is -2.23. The Balaban J connectivity index is 1.78. The van der Waals surface area contributed by atoms with Crippen LogP contribution in [0.3, 0.4) is 0 Å². The Hall–Kier alpha value is -0.910. The summed E-state index contributed by atoms with van der Waals surface area (Å²) in [5, 5.41) is 7.42. The number of carbonyl (C=O) groups excluding carboxylic acids is 1. The van der Waals surface area contributed by atoms with Crippen molar-refractivity contribution in [3.63, 3.8) is 0 Å². The highest BCUT2D eigenvalue weighted by Crippen LogP contribution is 2.24. The molecule has 1 aliphatic heterocycles. The molecule has 1 saturated heterocycles. The fraction of sp³-hybridized carbons (Fsp3) is 0.643. The van der Waals surface area contributed by atoms with Crippen molar-refractivity contribution in [3.05, 3.63) is 22.4 Å². The van der Waals surface area contributed by atoms with Crippen LogP contribution in [0.4, 0.5) is 0 Å². The maximum atomic E-state index is 11.9. The van der Waals surface area contributed by atoms with Gasteiger partial charge in [-0.1, -0.05) is 0 Å². The molecule has 106 valence electrons. The molecule has 4 nitrogen and oxygen atoms in total. The molecule has 0 radical (unpaired) electrons. The van der Waals surface area contributed by atoms with Gasteiger partial charge in [0, 0.05) is 13.2 Å². The Morgan fingerprint density at radius 1 is 1.53 bits per heavy atom. The van der Waals surface area contributed by atoms with Crippen molar-refractivity contribution in [1.29, 1.82) is 0 Å². The van der Waals surface area contributed by atoms with Crippen LogP contribution >= 0.6 is 11.3 Å². The van der Waals surface area contributed by atoms with Gasteiger partial charge in [-0.3, -0.25) is 10.1 Å². The molecule has 1 aromatic heterocycles. The number of nitrogens with one attached hydrogen (secondary N) is 1. The SMILES string of the molecule is CC(C)OCCCCN1C(=O)CNC1c1ccsc1. The summed E-state index contributed by atoms with van der Waals surface area (Å²) in [6.07, 6.45) is 2.33. The number of thiophene rings is 1. The molecule has 1 aliphatic rings. The Morgan fingerprint density at radius 3 is 3.05 bits per heavy atom. The van der Waals surface area contributed by atoms with Crippen molar-refractivity contribution in [1.82, 2.24) is 10.2 Å². The molecule has 1 aromatic rings. The van der Waals surface area contributed by atoms with Gasteiger partial charge < -0.3 is 9.64 Å². The summed E-state index contributed by atoms with van der Waals surface area (Å²) in [5.41, 5.74) is 1.19. The highest BCUT2D eigenvalue weighted by molar-refractivity contribution is 7.07. The molecule has 1 amide bonds. The Labute approximate surface area is 118 Å². The molecule has 2 rings (SSSR count). The monoisotopic (exact) mass is 282 g/mol. The third-order valence-corrected chi connectivity index (χ3v) is 3.88. The lowest BCUT2D eigenvalue weighted by molar-refractivity contribution is -0.128. The summed E-state index contributed by atoms with van der Waals surface area (Å²) in [7, 11) is 0. The van der Waals surface area contributed by atoms with E-state index in [4.69, 9.17) is 4.74 Å². The average Bonchev–Trinajstić information content (AvgIpc) is 2.98. The molecule has 0 spiro atoms. The van der Waals surface area contributed by atoms with E-state index in [1.54, 1.807) is 11.3 Å². The molecule has 0 aromatic carbocycles. The zero-order valence-electron chi connectivity index (χ0n) is 11.6. The van der Waals surface area contributed by atoms with E-state index in [2.05, 4.69) is 22.1 Å². The second kappa shape index (κ2) is 7.03. The van der Waals surface area contributed by atoms with Crippen molar-refractivity contribution in [2.24, 2.45) is 0 Å². The van der Waals surface area contributed by atoms with Gasteiger partial charge in [-0.2, -0.15) is 11.3 Å². The minimum absolute atomic E-state index is 0.0600. The summed E-state index contributed by atoms with van der Waals surface area (Å²) >= 11 is 1.67. The number of unbranched alkanes of at least 4 members (excludes halogenated alkanes) is 1. The average molecular weight is 282 g/mol. The largest absolute Gasteiger partial charge is 0.379 e. The van der Waals surface area contributed by atoms with E-state index in [1.165, 1.54) is 5.56 Å². The van der Waals surface area contributed by atoms with Gasteiger partial charge in [0.25, 0.3) is 0 Å². The second-order valence-corrected chi connectivity index (χ2v) is 5.83. The maximum absolute atomic E-state index is 11.9. The van der Waals surface area contributed by atoms with Gasteiger partial charge in [0.1, 0.15) is 6.17 Å². The zero-order valence-corrected chi connectivity index (χ0v) is 12.4. The van der Waals surface area contributed by atoms with Crippen LogP contribution in [0.15, 0.2) is 16.8 Å². The summed E-state index contributed by atoms with van der Waals surface area (Å²) in [6, 6.07) is 2.08. The van der Waals surface area contributed by atoms with Gasteiger partial charge in [-0.25, -0.2) is 0 Å². The number of hydrogen-bond donors (Lipinski definition) is 1. The van der Waals surface area contributed by atoms with E-state index in [1.807, 2.05) is 18.7 Å². The first-order valence-electron chi connectivity index (χ1n) is 6.85. The standard InChI is InChI=1S/C14H22N2O2S/c1-11(2)18-7-4-3-6-16-13(17)9-15-14(16)12-5-8-19-10-12/h5,8,10-11,14-15H,3-4,6-7,9H2,1-2H3. The number of rotatable bonds is 7. The first-order chi connectivity index (χ1) is 9.18. The van der Waals surface area contributed by atoms with Gasteiger partial charge in [0.05, 0.1) is 12.6 Å². The lowest BCUT2D eigenvalue weighted by Crippen LogP contribution is -2.31. The third-order valence-electron chi connectivity index (χ3n) is 3.18. The van der Waals surface area contributed by atoms with Crippen LogP contribution < -0.4 is 5.32 Å². The highest BCUT2D eigenvalue weighted by Gasteiger charge is 2.30. The van der Waals surface area contributed by atoms with E-state index in [9.17, 15) is 4.79 Å². The van der Waals surface area contributed by atoms with Gasteiger partial charge >= 0.3 is 0 Å². The lowest BCUT2D eigenvalue weighted by atomic mass is 10.2. The molecule has 1 N–H and O–H groups in total. The fourth-order valence-corrected chi connectivity index (χ4v) is 2.90. The van der Waals surface area contributed by atoms with Crippen molar-refractivity contribution >= 4 is 17.2 Å². The number of ether oxygens (including phenoxy) is 1. The van der Waals surface area contributed by atoms with Crippen molar-refractivity contribution in [3.8, 4) is 0 Å². The predicted molar refractivity (Wildman–Crippen MR) is 77.1 cm³/mol. The van der Waals surface area contributed by atoms with Crippen LogP contribution in [0.2, 0.25) is 0 Å². The number of nitrogens with zero attached hydrogens (tertiary/aromatic N) is 1. The smallest absolute Gasteiger partial charge is 0.238 e. The topological polar surface area (TPSA) is 41.6 Å². The molecule has 5 heteroatoms. The number of carbonyl (C=O) groups is 1. The number of amides is 1. The molecule has 0 aliphatic carbocycles. The van der Waals surface area contributed by atoms with E-state index in [0.717, 1.165) is 26.0 Å². The number of hydrogen-bond acceptors (Lipinski definition) is 4. The fourth-order valence-electron chi connectivity index (χ4n) is 2.23. The molecule has 2 heterocycles. The summed E-state index contributed by atoms with van der Waals surface area (Å²) in [6.45, 7) is 6.11. The van der Waals surface area contributed by atoms with Crippen LogP contribution in [-0.2, 0) is 9.53 Å². The van der Waals surface area contributed by atoms with Crippen LogP contribution in [0.1, 0.15) is 38.4 Å². The molecule has 1 unspecified atom stereocenters. The van der Waals surface area contributed by atoms with E-state index in [0.29, 0.717) is 6.54 Å². The molecular weight excluding hydrogens is 260 g/mol. The molecule has 1 atom stereocenters. The second-order valence-electron chi connectivity index (χ2n) is 5.05. The van der Waals surface area contributed by atoms with Gasteiger partial charge in [-0.15, -0.1) is 0 Å². The van der Waals surface area contributed by atoms with Crippen molar-refractivity contribution in [2.75, 3.05) is 19.7 Å². The Bertz CT molecular complexity index is 392. The molecule has 0 saturated carbocycles. The van der Waals surface area contributed by atoms with Gasteiger partial charge in [-0.05, 0) is 49.1 Å². The summed E-state index contributed by atoms with van der Waals surface area (Å²) in [5.74, 6) is 0.195. The Kier molecular flexibility index (Phi) is 5.36. The minimum Gasteiger partial charge on any atom is -0.379 e. The zero-order chi connectivity index (χ0) is 13.7. The van der Waals surface area contributed by atoms with E-state index >= 15 is 0 Å². The first-order valence-corrected chi connectivity index (χ1v) is 7.79. The van der Waals surface area contributed by atoms with Crippen LogP contribution in [-0.4, -0.2) is 36.6 Å². The van der Waals surface area contributed by atoms with Crippen LogP contribution in [0.25, 0.3) is 0 Å². The molecular formula is C14H22N2O2S. The van der Waals surface area contributed by atoms with Gasteiger partial charge in [0.15, 0.2) is 0 Å². The minimum atomic E-state index is 0.0600. The van der Waals surface area contributed by atoms with Crippen molar-refractivity contribution < 1.29 is 9.53 Å². The van der Waals surface area contributed by atoms with Gasteiger partial charge in [0.2, 0.25) is 5.91 Å². The quantitative estimate of drug-likeness (QED) is 0.781. The Morgan fingerprint density at radius 2 is 2.37 bits per heavy atom. The molecule has 0 bridgehead atoms. The predicted octanol–water partition coefficient (Wildman–Crippen LogP) is 2.38. The highest BCUT2D eigenvalue weighted by atomic mass is 32.1. The molecule has 1 fully saturated rings. The van der Waals surface area contributed by atoms with Crippen LogP contribution in [0, 0.1) is 0 Å². The first kappa shape index (κ1) is 14.5. The van der Waals surface area contributed by atoms with E-state index < -0.39 is 0 Å². The normalized spacial score (nSPS) is 19.6. The molecule has 19 heavy (non-hydrogen) atoms. The van der Waals surface area contributed by atoms with Crippen LogP contribution in [0.5, 0.6) is 0 Å². The summed E-state index contributed by atoms with van der Waals surface area (Å²) < 4.78 is 5.52. The summed E-state index contributed by atoms with van der Waals surface area (Å²) in [4.78, 5) is 13.8. The van der Waals surface area contributed by atoms with E-state index in [-0.39, 0.29) is 18.2 Å². The maximum Gasteiger partial charge on any atom is 0.238 e.